The number of halogens is 2. The third-order valence-electron chi connectivity index (χ3n) is 5.92. The molecular weight excluding hydrogens is 439 g/mol. The van der Waals surface area contributed by atoms with Gasteiger partial charge in [-0.15, -0.1) is 0 Å². The Hall–Kier alpha value is -2.57. The average molecular weight is 461 g/mol. The summed E-state index contributed by atoms with van der Waals surface area (Å²) < 4.78 is 5.16. The smallest absolute Gasteiger partial charge is 0.295 e. The number of ether oxygens (including phenoxy) is 1. The van der Waals surface area contributed by atoms with Crippen molar-refractivity contribution in [3.8, 4) is 5.75 Å². The Morgan fingerprint density at radius 2 is 1.84 bits per heavy atom. The van der Waals surface area contributed by atoms with Gasteiger partial charge >= 0.3 is 0 Å². The molecule has 1 unspecified atom stereocenters. The minimum Gasteiger partial charge on any atom is -0.507 e. The van der Waals surface area contributed by atoms with Gasteiger partial charge in [-0.05, 0) is 36.6 Å². The molecular formula is C23H22Cl2N2O4. The zero-order valence-corrected chi connectivity index (χ0v) is 18.5. The number of aliphatic hydroxyl groups is 1. The molecule has 1 atom stereocenters. The summed E-state index contributed by atoms with van der Waals surface area (Å²) in [6.45, 7) is 0. The van der Waals surface area contributed by atoms with E-state index in [9.17, 15) is 14.7 Å². The minimum absolute atomic E-state index is 0.0147. The van der Waals surface area contributed by atoms with Gasteiger partial charge in [-0.2, -0.15) is 0 Å². The predicted molar refractivity (Wildman–Crippen MR) is 118 cm³/mol. The molecule has 1 aromatic heterocycles. The van der Waals surface area contributed by atoms with Crippen molar-refractivity contribution in [1.82, 2.24) is 9.88 Å². The van der Waals surface area contributed by atoms with Crippen LogP contribution in [0.25, 0.3) is 5.76 Å². The van der Waals surface area contributed by atoms with Crippen LogP contribution in [0.5, 0.6) is 5.75 Å². The van der Waals surface area contributed by atoms with E-state index < -0.39 is 17.7 Å². The molecule has 162 valence electrons. The van der Waals surface area contributed by atoms with Crippen LogP contribution in [0.4, 0.5) is 0 Å². The second-order valence-corrected chi connectivity index (χ2v) is 8.57. The van der Waals surface area contributed by atoms with Gasteiger partial charge in [0.25, 0.3) is 11.7 Å². The number of pyridine rings is 1. The van der Waals surface area contributed by atoms with Gasteiger partial charge in [0.2, 0.25) is 0 Å². The first-order valence-electron chi connectivity index (χ1n) is 10.2. The molecule has 1 aromatic carbocycles. The van der Waals surface area contributed by atoms with Crippen molar-refractivity contribution < 1.29 is 19.4 Å². The summed E-state index contributed by atoms with van der Waals surface area (Å²) >= 11 is 12.5. The van der Waals surface area contributed by atoms with Gasteiger partial charge < -0.3 is 14.7 Å². The number of likely N-dealkylation sites (tertiary alicyclic amines) is 1. The van der Waals surface area contributed by atoms with Crippen molar-refractivity contribution in [2.24, 2.45) is 0 Å². The van der Waals surface area contributed by atoms with Crippen LogP contribution in [0.3, 0.4) is 0 Å². The number of aliphatic hydroxyl groups excluding tert-OH is 1. The number of carbonyl (C=O) groups is 2. The van der Waals surface area contributed by atoms with Crippen molar-refractivity contribution in [3.63, 3.8) is 0 Å². The maximum absolute atomic E-state index is 13.1. The monoisotopic (exact) mass is 460 g/mol. The first kappa shape index (κ1) is 21.7. The Morgan fingerprint density at radius 3 is 2.42 bits per heavy atom. The van der Waals surface area contributed by atoms with E-state index in [2.05, 4.69) is 4.98 Å². The fourth-order valence-corrected chi connectivity index (χ4v) is 5.14. The van der Waals surface area contributed by atoms with Gasteiger partial charge in [0, 0.05) is 24.0 Å². The van der Waals surface area contributed by atoms with Crippen molar-refractivity contribution >= 4 is 40.7 Å². The third kappa shape index (κ3) is 3.90. The van der Waals surface area contributed by atoms with E-state index >= 15 is 0 Å². The number of hydrogen-bond acceptors (Lipinski definition) is 5. The molecule has 2 heterocycles. The fourth-order valence-electron chi connectivity index (χ4n) is 4.50. The van der Waals surface area contributed by atoms with Crippen molar-refractivity contribution in [2.45, 2.75) is 44.2 Å². The lowest BCUT2D eigenvalue weighted by atomic mass is 9.91. The SMILES string of the molecule is COc1c(Cl)cc(/C(O)=C2\C(=O)C(=O)N(C3CCCCC3)C2c2cccnc2)cc1Cl. The first-order valence-corrected chi connectivity index (χ1v) is 10.9. The maximum Gasteiger partial charge on any atom is 0.295 e. The van der Waals surface area contributed by atoms with E-state index in [1.54, 1.807) is 29.4 Å². The molecule has 1 saturated heterocycles. The highest BCUT2D eigenvalue weighted by atomic mass is 35.5. The fraction of sp³-hybridized carbons (Fsp3) is 0.348. The Bertz CT molecular complexity index is 1030. The number of hydrogen-bond donors (Lipinski definition) is 1. The lowest BCUT2D eigenvalue weighted by Gasteiger charge is -2.35. The highest BCUT2D eigenvalue weighted by Crippen LogP contribution is 2.44. The zero-order chi connectivity index (χ0) is 22.1. The van der Waals surface area contributed by atoms with Crippen molar-refractivity contribution in [2.75, 3.05) is 7.11 Å². The second-order valence-electron chi connectivity index (χ2n) is 7.76. The predicted octanol–water partition coefficient (Wildman–Crippen LogP) is 5.15. The number of nitrogens with zero attached hydrogens (tertiary/aromatic N) is 2. The second kappa shape index (κ2) is 8.89. The number of aromatic nitrogens is 1. The van der Waals surface area contributed by atoms with E-state index in [1.807, 2.05) is 0 Å². The number of benzene rings is 1. The summed E-state index contributed by atoms with van der Waals surface area (Å²) in [7, 11) is 1.44. The normalized spacial score (nSPS) is 21.5. The summed E-state index contributed by atoms with van der Waals surface area (Å²) in [4.78, 5) is 32.0. The van der Waals surface area contributed by atoms with Crippen LogP contribution < -0.4 is 4.74 Å². The molecule has 0 spiro atoms. The maximum atomic E-state index is 13.1. The molecule has 2 aromatic rings. The number of methoxy groups -OCH3 is 1. The molecule has 31 heavy (non-hydrogen) atoms. The summed E-state index contributed by atoms with van der Waals surface area (Å²) in [5, 5.41) is 11.6. The van der Waals surface area contributed by atoms with E-state index in [0.717, 1.165) is 32.1 Å². The summed E-state index contributed by atoms with van der Waals surface area (Å²) in [5.41, 5.74) is 0.923. The molecule has 4 rings (SSSR count). The quantitative estimate of drug-likeness (QED) is 0.387. The summed E-state index contributed by atoms with van der Waals surface area (Å²) in [6.07, 6.45) is 8.00. The molecule has 1 aliphatic carbocycles. The highest BCUT2D eigenvalue weighted by molar-refractivity contribution is 6.47. The average Bonchev–Trinajstić information content (AvgIpc) is 3.05. The number of ketones is 1. The van der Waals surface area contributed by atoms with Crippen LogP contribution in [-0.4, -0.2) is 39.8 Å². The number of amides is 1. The van der Waals surface area contributed by atoms with Crippen LogP contribution in [0.15, 0.2) is 42.2 Å². The molecule has 1 amide bonds. The summed E-state index contributed by atoms with van der Waals surface area (Å²) in [6, 6.07) is 5.70. The molecule has 0 radical (unpaired) electrons. The van der Waals surface area contributed by atoms with E-state index in [0.29, 0.717) is 5.56 Å². The van der Waals surface area contributed by atoms with Gasteiger partial charge in [-0.25, -0.2) is 0 Å². The Morgan fingerprint density at radius 1 is 1.16 bits per heavy atom. The zero-order valence-electron chi connectivity index (χ0n) is 17.0. The van der Waals surface area contributed by atoms with Gasteiger partial charge in [-0.3, -0.25) is 14.6 Å². The standard InChI is InChI=1S/C23H22Cl2N2O4/c1-31-22-16(24)10-14(11-17(22)25)20(28)18-19(13-6-5-9-26-12-13)27(23(30)21(18)29)15-7-3-2-4-8-15/h5-6,9-12,15,19,28H,2-4,7-8H2,1H3/b20-18+. The van der Waals surface area contributed by atoms with Gasteiger partial charge in [0.05, 0.1) is 28.8 Å². The first-order chi connectivity index (χ1) is 14.9. The highest BCUT2D eigenvalue weighted by Gasteiger charge is 2.49. The lowest BCUT2D eigenvalue weighted by molar-refractivity contribution is -0.141. The molecule has 2 aliphatic rings. The molecule has 6 nitrogen and oxygen atoms in total. The number of Topliss-reactive ketones (excluding diaryl/α,β-unsaturated/α-hetero) is 1. The van der Waals surface area contributed by atoms with Crippen LogP contribution in [0.1, 0.15) is 49.3 Å². The minimum atomic E-state index is -0.726. The van der Waals surface area contributed by atoms with Crippen LogP contribution >= 0.6 is 23.2 Å². The van der Waals surface area contributed by atoms with Gasteiger partial charge in [0.1, 0.15) is 5.76 Å². The van der Waals surface area contributed by atoms with Crippen molar-refractivity contribution in [3.05, 3.63) is 63.4 Å². The molecule has 1 saturated carbocycles. The van der Waals surface area contributed by atoms with Crippen LogP contribution in [0.2, 0.25) is 10.0 Å². The Labute approximate surface area is 190 Å². The largest absolute Gasteiger partial charge is 0.507 e. The molecule has 8 heteroatoms. The van der Waals surface area contributed by atoms with Gasteiger partial charge in [-0.1, -0.05) is 48.5 Å². The lowest BCUT2D eigenvalue weighted by Crippen LogP contribution is -2.40. The number of carbonyl (C=O) groups excluding carboxylic acids is 2. The van der Waals surface area contributed by atoms with Gasteiger partial charge in [0.15, 0.2) is 5.75 Å². The van der Waals surface area contributed by atoms with Crippen LogP contribution in [0, 0.1) is 0 Å². The van der Waals surface area contributed by atoms with E-state index in [1.165, 1.54) is 19.2 Å². The Kier molecular flexibility index (Phi) is 6.21. The van der Waals surface area contributed by atoms with Crippen LogP contribution in [-0.2, 0) is 9.59 Å². The topological polar surface area (TPSA) is 79.7 Å². The van der Waals surface area contributed by atoms with E-state index in [-0.39, 0.29) is 38.7 Å². The Balaban J connectivity index is 1.88. The third-order valence-corrected chi connectivity index (χ3v) is 6.49. The molecule has 1 N–H and O–H groups in total. The number of rotatable bonds is 4. The molecule has 1 aliphatic heterocycles. The summed E-state index contributed by atoms with van der Waals surface area (Å²) in [5.74, 6) is -1.38. The van der Waals surface area contributed by atoms with E-state index in [4.69, 9.17) is 27.9 Å². The van der Waals surface area contributed by atoms with Crippen molar-refractivity contribution in [1.29, 1.82) is 0 Å². The molecule has 2 fully saturated rings. The molecule has 0 bridgehead atoms.